The van der Waals surface area contributed by atoms with E-state index in [2.05, 4.69) is 56.5 Å². The molecule has 0 aliphatic carbocycles. The lowest BCUT2D eigenvalue weighted by Crippen LogP contribution is -2.33. The fourth-order valence-electron chi connectivity index (χ4n) is 2.47. The molecule has 106 valence electrons. The lowest BCUT2D eigenvalue weighted by atomic mass is 9.81. The number of nitrogens with one attached hydrogen (secondary N) is 2. The predicted molar refractivity (Wildman–Crippen MR) is 83.6 cm³/mol. The molecule has 19 heavy (non-hydrogen) atoms. The van der Waals surface area contributed by atoms with E-state index >= 15 is 0 Å². The molecular weight excluding hydrogens is 232 g/mol. The van der Waals surface area contributed by atoms with Crippen LogP contribution in [0.5, 0.6) is 0 Å². The van der Waals surface area contributed by atoms with E-state index in [0.29, 0.717) is 11.3 Å². The Balaban J connectivity index is 1.97. The first-order chi connectivity index (χ1) is 9.00. The molecule has 0 aromatic heterocycles. The first-order valence-corrected chi connectivity index (χ1v) is 7.56. The minimum absolute atomic E-state index is 0.354. The number of hydrogen-bond acceptors (Lipinski definition) is 2. The van der Waals surface area contributed by atoms with Gasteiger partial charge in [0.15, 0.2) is 0 Å². The van der Waals surface area contributed by atoms with Gasteiger partial charge >= 0.3 is 0 Å². The van der Waals surface area contributed by atoms with Crippen molar-refractivity contribution >= 4 is 5.69 Å². The zero-order chi connectivity index (χ0) is 13.9. The van der Waals surface area contributed by atoms with Gasteiger partial charge in [0.1, 0.15) is 0 Å². The van der Waals surface area contributed by atoms with E-state index in [4.69, 9.17) is 0 Å². The lowest BCUT2D eigenvalue weighted by molar-refractivity contribution is 0.238. The SMILES string of the molecule is CC(C)C(C)(C)CNCc1cccc2c1CCCN2. The van der Waals surface area contributed by atoms with Crippen LogP contribution < -0.4 is 10.6 Å². The van der Waals surface area contributed by atoms with Gasteiger partial charge in [0.2, 0.25) is 0 Å². The highest BCUT2D eigenvalue weighted by Gasteiger charge is 2.21. The summed E-state index contributed by atoms with van der Waals surface area (Å²) in [5.74, 6) is 0.700. The molecule has 2 heteroatoms. The summed E-state index contributed by atoms with van der Waals surface area (Å²) >= 11 is 0. The average Bonchev–Trinajstić information content (AvgIpc) is 2.38. The lowest BCUT2D eigenvalue weighted by Gasteiger charge is -2.30. The largest absolute Gasteiger partial charge is 0.385 e. The summed E-state index contributed by atoms with van der Waals surface area (Å²) in [4.78, 5) is 0. The molecule has 0 radical (unpaired) electrons. The van der Waals surface area contributed by atoms with Gasteiger partial charge in [-0.05, 0) is 41.4 Å². The highest BCUT2D eigenvalue weighted by atomic mass is 14.9. The number of benzene rings is 1. The van der Waals surface area contributed by atoms with E-state index in [1.54, 1.807) is 0 Å². The predicted octanol–water partition coefficient (Wildman–Crippen LogP) is 3.82. The zero-order valence-electron chi connectivity index (χ0n) is 12.8. The van der Waals surface area contributed by atoms with Crippen LogP contribution in [0.3, 0.4) is 0 Å². The Morgan fingerprint density at radius 2 is 2.11 bits per heavy atom. The van der Waals surface area contributed by atoms with Gasteiger partial charge in [-0.25, -0.2) is 0 Å². The molecule has 0 atom stereocenters. The molecule has 1 aromatic carbocycles. The molecule has 2 rings (SSSR count). The smallest absolute Gasteiger partial charge is 0.0375 e. The Hall–Kier alpha value is -1.02. The van der Waals surface area contributed by atoms with Crippen LogP contribution >= 0.6 is 0 Å². The van der Waals surface area contributed by atoms with Gasteiger partial charge < -0.3 is 10.6 Å². The summed E-state index contributed by atoms with van der Waals surface area (Å²) in [5, 5.41) is 7.15. The third-order valence-electron chi connectivity index (χ3n) is 4.65. The Bertz CT molecular complexity index is 421. The molecule has 0 unspecified atom stereocenters. The van der Waals surface area contributed by atoms with E-state index in [9.17, 15) is 0 Å². The van der Waals surface area contributed by atoms with Crippen LogP contribution in [0.2, 0.25) is 0 Å². The van der Waals surface area contributed by atoms with Gasteiger partial charge in [-0.3, -0.25) is 0 Å². The molecule has 1 aliphatic rings. The molecule has 0 bridgehead atoms. The fourth-order valence-corrected chi connectivity index (χ4v) is 2.47. The first-order valence-electron chi connectivity index (χ1n) is 7.56. The Labute approximate surface area is 118 Å². The average molecular weight is 260 g/mol. The summed E-state index contributed by atoms with van der Waals surface area (Å²) in [7, 11) is 0. The number of hydrogen-bond donors (Lipinski definition) is 2. The molecule has 0 amide bonds. The third kappa shape index (κ3) is 3.50. The van der Waals surface area contributed by atoms with Gasteiger partial charge in [-0.2, -0.15) is 0 Å². The second kappa shape index (κ2) is 5.96. The minimum Gasteiger partial charge on any atom is -0.385 e. The normalized spacial score (nSPS) is 15.2. The highest BCUT2D eigenvalue weighted by Crippen LogP contribution is 2.27. The van der Waals surface area contributed by atoms with Crippen LogP contribution in [-0.4, -0.2) is 13.1 Å². The van der Waals surface area contributed by atoms with E-state index in [1.165, 1.54) is 29.7 Å². The Kier molecular flexibility index (Phi) is 4.51. The fraction of sp³-hybridized carbons (Fsp3) is 0.647. The van der Waals surface area contributed by atoms with Crippen LogP contribution in [0.4, 0.5) is 5.69 Å². The maximum atomic E-state index is 3.65. The van der Waals surface area contributed by atoms with Crippen LogP contribution in [0.1, 0.15) is 45.2 Å². The summed E-state index contributed by atoms with van der Waals surface area (Å²) in [6.45, 7) is 12.5. The molecule has 0 fully saturated rings. The van der Waals surface area contributed by atoms with Gasteiger partial charge in [-0.15, -0.1) is 0 Å². The van der Waals surface area contributed by atoms with Gasteiger partial charge in [0.05, 0.1) is 0 Å². The summed E-state index contributed by atoms with van der Waals surface area (Å²) in [6.07, 6.45) is 2.47. The van der Waals surface area contributed by atoms with Crippen molar-refractivity contribution in [3.63, 3.8) is 0 Å². The summed E-state index contributed by atoms with van der Waals surface area (Å²) in [5.41, 5.74) is 4.68. The highest BCUT2D eigenvalue weighted by molar-refractivity contribution is 5.56. The first kappa shape index (κ1) is 14.4. The van der Waals surface area contributed by atoms with Gasteiger partial charge in [0, 0.05) is 25.3 Å². The molecule has 0 saturated heterocycles. The van der Waals surface area contributed by atoms with Crippen molar-refractivity contribution in [1.82, 2.24) is 5.32 Å². The molecule has 0 saturated carbocycles. The second-order valence-corrected chi connectivity index (χ2v) is 6.72. The number of rotatable bonds is 5. The van der Waals surface area contributed by atoms with Crippen LogP contribution in [0.15, 0.2) is 18.2 Å². The minimum atomic E-state index is 0.354. The topological polar surface area (TPSA) is 24.1 Å². The van der Waals surface area contributed by atoms with Crippen LogP contribution in [-0.2, 0) is 13.0 Å². The van der Waals surface area contributed by atoms with Crippen molar-refractivity contribution in [1.29, 1.82) is 0 Å². The molecule has 1 aliphatic heterocycles. The van der Waals surface area contributed by atoms with E-state index in [0.717, 1.165) is 19.6 Å². The molecule has 0 spiro atoms. The maximum Gasteiger partial charge on any atom is 0.0375 e. The van der Waals surface area contributed by atoms with Crippen molar-refractivity contribution < 1.29 is 0 Å². The van der Waals surface area contributed by atoms with E-state index in [1.807, 2.05) is 0 Å². The molecule has 1 aromatic rings. The number of anilines is 1. The van der Waals surface area contributed by atoms with Crippen molar-refractivity contribution in [2.45, 2.75) is 47.1 Å². The zero-order valence-corrected chi connectivity index (χ0v) is 12.8. The summed E-state index contributed by atoms with van der Waals surface area (Å²) in [6, 6.07) is 6.64. The van der Waals surface area contributed by atoms with Gasteiger partial charge in [0.25, 0.3) is 0 Å². The van der Waals surface area contributed by atoms with Crippen molar-refractivity contribution in [2.75, 3.05) is 18.4 Å². The van der Waals surface area contributed by atoms with Crippen LogP contribution in [0, 0.1) is 11.3 Å². The summed E-state index contributed by atoms with van der Waals surface area (Å²) < 4.78 is 0. The maximum absolute atomic E-state index is 3.65. The molecule has 2 nitrogen and oxygen atoms in total. The van der Waals surface area contributed by atoms with Crippen molar-refractivity contribution in [3.8, 4) is 0 Å². The molecule has 1 heterocycles. The van der Waals surface area contributed by atoms with Crippen molar-refractivity contribution in [3.05, 3.63) is 29.3 Å². The van der Waals surface area contributed by atoms with Crippen molar-refractivity contribution in [2.24, 2.45) is 11.3 Å². The third-order valence-corrected chi connectivity index (χ3v) is 4.65. The number of fused-ring (bicyclic) bond motifs is 1. The quantitative estimate of drug-likeness (QED) is 0.841. The Morgan fingerprint density at radius 3 is 2.84 bits per heavy atom. The van der Waals surface area contributed by atoms with Gasteiger partial charge in [-0.1, -0.05) is 39.8 Å². The van der Waals surface area contributed by atoms with Crippen LogP contribution in [0.25, 0.3) is 0 Å². The van der Waals surface area contributed by atoms with E-state index < -0.39 is 0 Å². The molecular formula is C17H28N2. The van der Waals surface area contributed by atoms with E-state index in [-0.39, 0.29) is 0 Å². The monoisotopic (exact) mass is 260 g/mol. The standard InChI is InChI=1S/C17H28N2/c1-13(2)17(3,4)12-18-11-14-7-5-9-16-15(14)8-6-10-19-16/h5,7,9,13,18-19H,6,8,10-12H2,1-4H3. The second-order valence-electron chi connectivity index (χ2n) is 6.72. The Morgan fingerprint density at radius 1 is 1.32 bits per heavy atom. The molecule has 2 N–H and O–H groups in total.